The third-order valence-corrected chi connectivity index (χ3v) is 1.62. The van der Waals surface area contributed by atoms with Gasteiger partial charge >= 0.3 is 0 Å². The first kappa shape index (κ1) is 9.74. The van der Waals surface area contributed by atoms with Crippen LogP contribution in [-0.4, -0.2) is 17.2 Å². The first-order valence-electron chi connectivity index (χ1n) is 4.15. The molecule has 0 radical (unpaired) electrons. The lowest BCUT2D eigenvalue weighted by molar-refractivity contribution is 0.0819. The maximum atomic E-state index is 11.3. The molecule has 0 aliphatic heterocycles. The van der Waals surface area contributed by atoms with E-state index in [2.05, 4.69) is 5.32 Å². The summed E-state index contributed by atoms with van der Waals surface area (Å²) in [6.45, 7) is 3.42. The van der Waals surface area contributed by atoms with E-state index in [1.165, 1.54) is 6.92 Å². The molecule has 3 nitrogen and oxygen atoms in total. The van der Waals surface area contributed by atoms with Gasteiger partial charge in [-0.2, -0.15) is 0 Å². The van der Waals surface area contributed by atoms with Crippen LogP contribution in [0.25, 0.3) is 0 Å². The number of rotatable bonds is 2. The first-order valence-corrected chi connectivity index (χ1v) is 4.15. The van der Waals surface area contributed by atoms with E-state index in [4.69, 9.17) is 5.11 Å². The van der Waals surface area contributed by atoms with E-state index in [1.54, 1.807) is 12.1 Å². The van der Waals surface area contributed by atoms with Crippen LogP contribution in [0.4, 0.5) is 0 Å². The zero-order valence-electron chi connectivity index (χ0n) is 7.74. The fourth-order valence-electron chi connectivity index (χ4n) is 1.06. The average Bonchev–Trinajstić information content (AvgIpc) is 2.03. The van der Waals surface area contributed by atoms with Crippen molar-refractivity contribution in [3.63, 3.8) is 0 Å². The quantitative estimate of drug-likeness (QED) is 0.667. The predicted octanol–water partition coefficient (Wildman–Crippen LogP) is 1.06. The van der Waals surface area contributed by atoms with Crippen molar-refractivity contribution < 1.29 is 9.90 Å². The summed E-state index contributed by atoms with van der Waals surface area (Å²) >= 11 is 0. The third-order valence-electron chi connectivity index (χ3n) is 1.62. The standard InChI is InChI=1S/C10H13NO2/c1-7-4-3-5-9(6-7)10(13)11-8(2)12/h3-6,8,12H,1-2H3,(H,11,13). The van der Waals surface area contributed by atoms with Crippen molar-refractivity contribution in [3.05, 3.63) is 35.4 Å². The molecule has 1 aromatic carbocycles. The van der Waals surface area contributed by atoms with Gasteiger partial charge < -0.3 is 10.4 Å². The summed E-state index contributed by atoms with van der Waals surface area (Å²) < 4.78 is 0. The van der Waals surface area contributed by atoms with Crippen molar-refractivity contribution in [2.24, 2.45) is 0 Å². The van der Waals surface area contributed by atoms with Gasteiger partial charge in [0, 0.05) is 5.56 Å². The Kier molecular flexibility index (Phi) is 3.03. The Morgan fingerprint density at radius 1 is 1.54 bits per heavy atom. The highest BCUT2D eigenvalue weighted by Gasteiger charge is 2.06. The number of aryl methyl sites for hydroxylation is 1. The molecular formula is C10H13NO2. The molecule has 1 aromatic rings. The molecule has 0 saturated carbocycles. The molecule has 70 valence electrons. The van der Waals surface area contributed by atoms with Gasteiger partial charge in [0.25, 0.3) is 5.91 Å². The van der Waals surface area contributed by atoms with E-state index < -0.39 is 6.23 Å². The maximum Gasteiger partial charge on any atom is 0.253 e. The minimum absolute atomic E-state index is 0.251. The number of nitrogens with one attached hydrogen (secondary N) is 1. The van der Waals surface area contributed by atoms with Crippen molar-refractivity contribution in [2.75, 3.05) is 0 Å². The Hall–Kier alpha value is -1.35. The SMILES string of the molecule is Cc1cccc(C(=O)NC(C)O)c1. The number of aliphatic hydroxyl groups is 1. The fraction of sp³-hybridized carbons (Fsp3) is 0.300. The Morgan fingerprint density at radius 2 is 2.23 bits per heavy atom. The maximum absolute atomic E-state index is 11.3. The van der Waals surface area contributed by atoms with E-state index in [0.29, 0.717) is 5.56 Å². The van der Waals surface area contributed by atoms with Crippen LogP contribution in [-0.2, 0) is 0 Å². The van der Waals surface area contributed by atoms with Crippen LogP contribution in [0.2, 0.25) is 0 Å². The number of aliphatic hydroxyl groups excluding tert-OH is 1. The molecule has 1 rings (SSSR count). The molecular weight excluding hydrogens is 166 g/mol. The summed E-state index contributed by atoms with van der Waals surface area (Å²) in [6, 6.07) is 7.22. The molecule has 0 saturated heterocycles. The summed E-state index contributed by atoms with van der Waals surface area (Å²) in [6.07, 6.45) is -0.812. The minimum Gasteiger partial charge on any atom is -0.374 e. The average molecular weight is 179 g/mol. The van der Waals surface area contributed by atoms with Crippen molar-refractivity contribution in [3.8, 4) is 0 Å². The molecule has 2 N–H and O–H groups in total. The number of benzene rings is 1. The number of hydrogen-bond donors (Lipinski definition) is 2. The summed E-state index contributed by atoms with van der Waals surface area (Å²) in [7, 11) is 0. The fourth-order valence-corrected chi connectivity index (χ4v) is 1.06. The van der Waals surface area contributed by atoms with E-state index in [1.807, 2.05) is 19.1 Å². The highest BCUT2D eigenvalue weighted by Crippen LogP contribution is 2.03. The van der Waals surface area contributed by atoms with E-state index >= 15 is 0 Å². The van der Waals surface area contributed by atoms with Crippen LogP contribution < -0.4 is 5.32 Å². The highest BCUT2D eigenvalue weighted by molar-refractivity contribution is 5.94. The minimum atomic E-state index is -0.812. The second kappa shape index (κ2) is 4.05. The van der Waals surface area contributed by atoms with Crippen LogP contribution in [0.3, 0.4) is 0 Å². The third kappa shape index (κ3) is 2.87. The predicted molar refractivity (Wildman–Crippen MR) is 50.3 cm³/mol. The van der Waals surface area contributed by atoms with Crippen molar-refractivity contribution >= 4 is 5.91 Å². The number of amides is 1. The summed E-state index contributed by atoms with van der Waals surface area (Å²) in [5, 5.41) is 11.3. The van der Waals surface area contributed by atoms with Gasteiger partial charge in [-0.05, 0) is 26.0 Å². The van der Waals surface area contributed by atoms with Crippen LogP contribution >= 0.6 is 0 Å². The molecule has 1 atom stereocenters. The number of carbonyl (C=O) groups is 1. The van der Waals surface area contributed by atoms with E-state index in [9.17, 15) is 4.79 Å². The van der Waals surface area contributed by atoms with Crippen LogP contribution in [0, 0.1) is 6.92 Å². The van der Waals surface area contributed by atoms with E-state index in [-0.39, 0.29) is 5.91 Å². The monoisotopic (exact) mass is 179 g/mol. The molecule has 0 bridgehead atoms. The molecule has 13 heavy (non-hydrogen) atoms. The second-order valence-corrected chi connectivity index (χ2v) is 3.02. The van der Waals surface area contributed by atoms with Crippen LogP contribution in [0.15, 0.2) is 24.3 Å². The van der Waals surface area contributed by atoms with Gasteiger partial charge in [0.15, 0.2) is 0 Å². The molecule has 1 unspecified atom stereocenters. The molecule has 0 aliphatic carbocycles. The van der Waals surface area contributed by atoms with Crippen LogP contribution in [0.5, 0.6) is 0 Å². The van der Waals surface area contributed by atoms with Gasteiger partial charge in [0.2, 0.25) is 0 Å². The summed E-state index contributed by atoms with van der Waals surface area (Å²) in [5.74, 6) is -0.251. The van der Waals surface area contributed by atoms with Gasteiger partial charge in [-0.1, -0.05) is 17.7 Å². The van der Waals surface area contributed by atoms with Gasteiger partial charge in [0.1, 0.15) is 6.23 Å². The number of hydrogen-bond acceptors (Lipinski definition) is 2. The molecule has 1 amide bonds. The van der Waals surface area contributed by atoms with Gasteiger partial charge in [0.05, 0.1) is 0 Å². The van der Waals surface area contributed by atoms with Crippen molar-refractivity contribution in [1.29, 1.82) is 0 Å². The molecule has 0 fully saturated rings. The Balaban J connectivity index is 2.77. The normalized spacial score (nSPS) is 12.2. The second-order valence-electron chi connectivity index (χ2n) is 3.02. The van der Waals surface area contributed by atoms with E-state index in [0.717, 1.165) is 5.56 Å². The molecule has 0 spiro atoms. The van der Waals surface area contributed by atoms with Gasteiger partial charge in [-0.15, -0.1) is 0 Å². The van der Waals surface area contributed by atoms with Crippen molar-refractivity contribution in [2.45, 2.75) is 20.1 Å². The Bertz CT molecular complexity index is 308. The molecule has 0 aliphatic rings. The molecule has 0 heterocycles. The van der Waals surface area contributed by atoms with Gasteiger partial charge in [-0.3, -0.25) is 4.79 Å². The van der Waals surface area contributed by atoms with Gasteiger partial charge in [-0.25, -0.2) is 0 Å². The lowest BCUT2D eigenvalue weighted by Crippen LogP contribution is -2.32. The highest BCUT2D eigenvalue weighted by atomic mass is 16.3. The molecule has 0 aromatic heterocycles. The lowest BCUT2D eigenvalue weighted by atomic mass is 10.1. The zero-order chi connectivity index (χ0) is 9.84. The summed E-state index contributed by atoms with van der Waals surface area (Å²) in [4.78, 5) is 11.3. The number of carbonyl (C=O) groups excluding carboxylic acids is 1. The first-order chi connectivity index (χ1) is 6.09. The lowest BCUT2D eigenvalue weighted by Gasteiger charge is -2.07. The van der Waals surface area contributed by atoms with Crippen molar-refractivity contribution in [1.82, 2.24) is 5.32 Å². The Morgan fingerprint density at radius 3 is 2.77 bits per heavy atom. The summed E-state index contributed by atoms with van der Waals surface area (Å²) in [5.41, 5.74) is 1.60. The van der Waals surface area contributed by atoms with Crippen LogP contribution in [0.1, 0.15) is 22.8 Å². The Labute approximate surface area is 77.4 Å². The topological polar surface area (TPSA) is 49.3 Å². The molecule has 3 heteroatoms. The zero-order valence-corrected chi connectivity index (χ0v) is 7.74. The smallest absolute Gasteiger partial charge is 0.253 e. The largest absolute Gasteiger partial charge is 0.374 e.